The highest BCUT2D eigenvalue weighted by Crippen LogP contribution is 2.09. The molecule has 0 aliphatic heterocycles. The lowest BCUT2D eigenvalue weighted by Crippen LogP contribution is -1.97. The number of methoxy groups -OCH3 is 1. The fourth-order valence-electron chi connectivity index (χ4n) is 1.90. The maximum absolute atomic E-state index is 11.5. The summed E-state index contributed by atoms with van der Waals surface area (Å²) in [5.74, 6) is -0.0670. The Bertz CT molecular complexity index is 269. The first-order valence-electron chi connectivity index (χ1n) is 7.47. The number of ketones is 1. The van der Waals surface area contributed by atoms with Crippen LogP contribution < -0.4 is 0 Å². The van der Waals surface area contributed by atoms with Crippen LogP contribution in [-0.2, 0) is 14.3 Å². The van der Waals surface area contributed by atoms with Gasteiger partial charge in [0.1, 0.15) is 5.78 Å². The highest BCUT2D eigenvalue weighted by atomic mass is 16.5. The molecule has 0 unspecified atom stereocenters. The summed E-state index contributed by atoms with van der Waals surface area (Å²) in [5.41, 5.74) is 0. The van der Waals surface area contributed by atoms with E-state index in [0.29, 0.717) is 25.0 Å². The fourth-order valence-corrected chi connectivity index (χ4v) is 1.90. The van der Waals surface area contributed by atoms with Crippen LogP contribution in [0.25, 0.3) is 0 Å². The van der Waals surface area contributed by atoms with Gasteiger partial charge in [-0.3, -0.25) is 4.79 Å². The molecule has 0 saturated heterocycles. The Hall–Kier alpha value is -1.12. The molecule has 0 atom stereocenters. The van der Waals surface area contributed by atoms with Crippen molar-refractivity contribution in [1.29, 1.82) is 0 Å². The Labute approximate surface area is 117 Å². The Kier molecular flexibility index (Phi) is 12.5. The van der Waals surface area contributed by atoms with Gasteiger partial charge in [0, 0.05) is 18.9 Å². The zero-order valence-electron chi connectivity index (χ0n) is 12.5. The number of allylic oxidation sites excluding steroid dienone is 1. The number of hydrogen-bond donors (Lipinski definition) is 0. The number of rotatable bonds is 12. The molecule has 0 aromatic carbocycles. The summed E-state index contributed by atoms with van der Waals surface area (Å²) in [4.78, 5) is 22.3. The number of Topliss-reactive ketones (excluding diaryl/α,β-unsaturated/α-hetero) is 1. The van der Waals surface area contributed by atoms with E-state index in [1.165, 1.54) is 45.3 Å². The minimum atomic E-state index is -0.362. The number of unbranched alkanes of at least 4 members (excludes halogenated alkanes) is 6. The van der Waals surface area contributed by atoms with Gasteiger partial charge >= 0.3 is 5.97 Å². The van der Waals surface area contributed by atoms with Crippen LogP contribution in [0.5, 0.6) is 0 Å². The molecule has 0 fully saturated rings. The maximum Gasteiger partial charge on any atom is 0.330 e. The largest absolute Gasteiger partial charge is 0.466 e. The first kappa shape index (κ1) is 17.9. The SMILES string of the molecule is CCCCCCCCCC(=O)CC/C=C/C(=O)OC. The van der Waals surface area contributed by atoms with Crippen molar-refractivity contribution in [2.45, 2.75) is 71.1 Å². The third-order valence-electron chi connectivity index (χ3n) is 3.10. The van der Waals surface area contributed by atoms with Crippen molar-refractivity contribution in [1.82, 2.24) is 0 Å². The van der Waals surface area contributed by atoms with Crippen LogP contribution in [0.4, 0.5) is 0 Å². The van der Waals surface area contributed by atoms with Crippen LogP contribution >= 0.6 is 0 Å². The molecule has 0 N–H and O–H groups in total. The van der Waals surface area contributed by atoms with E-state index in [2.05, 4.69) is 11.7 Å². The maximum atomic E-state index is 11.5. The normalized spacial score (nSPS) is 10.8. The summed E-state index contributed by atoms with van der Waals surface area (Å²) in [5, 5.41) is 0. The van der Waals surface area contributed by atoms with E-state index in [9.17, 15) is 9.59 Å². The van der Waals surface area contributed by atoms with Crippen molar-refractivity contribution in [3.8, 4) is 0 Å². The Morgan fingerprint density at radius 3 is 2.21 bits per heavy atom. The van der Waals surface area contributed by atoms with Crippen molar-refractivity contribution in [2.75, 3.05) is 7.11 Å². The second-order valence-corrected chi connectivity index (χ2v) is 4.87. The molecule has 0 spiro atoms. The standard InChI is InChI=1S/C16H28O3/c1-3-4-5-6-7-8-9-12-15(17)13-10-11-14-16(18)19-2/h11,14H,3-10,12-13H2,1-2H3/b14-11+. The van der Waals surface area contributed by atoms with Gasteiger partial charge in [-0.15, -0.1) is 0 Å². The summed E-state index contributed by atoms with van der Waals surface area (Å²) in [6.45, 7) is 2.22. The third-order valence-corrected chi connectivity index (χ3v) is 3.10. The quantitative estimate of drug-likeness (QED) is 0.302. The van der Waals surface area contributed by atoms with Gasteiger partial charge in [-0.1, -0.05) is 51.5 Å². The minimum Gasteiger partial charge on any atom is -0.466 e. The summed E-state index contributed by atoms with van der Waals surface area (Å²) < 4.78 is 4.47. The number of hydrogen-bond acceptors (Lipinski definition) is 3. The Balaban J connectivity index is 3.35. The van der Waals surface area contributed by atoms with Crippen molar-refractivity contribution in [2.24, 2.45) is 0 Å². The average molecular weight is 268 g/mol. The molecule has 110 valence electrons. The van der Waals surface area contributed by atoms with Gasteiger partial charge in [-0.25, -0.2) is 4.79 Å². The lowest BCUT2D eigenvalue weighted by atomic mass is 10.0. The van der Waals surface area contributed by atoms with E-state index in [1.54, 1.807) is 6.08 Å². The zero-order chi connectivity index (χ0) is 14.3. The monoisotopic (exact) mass is 268 g/mol. The molecule has 0 bridgehead atoms. The van der Waals surface area contributed by atoms with Crippen LogP contribution in [0, 0.1) is 0 Å². The molecule has 0 radical (unpaired) electrons. The molecule has 0 rings (SSSR count). The van der Waals surface area contributed by atoms with E-state index in [4.69, 9.17) is 0 Å². The fraction of sp³-hybridized carbons (Fsp3) is 0.750. The lowest BCUT2D eigenvalue weighted by Gasteiger charge is -2.01. The third kappa shape index (κ3) is 13.1. The molecule has 3 nitrogen and oxygen atoms in total. The molecule has 0 amide bonds. The van der Waals surface area contributed by atoms with Gasteiger partial charge in [0.15, 0.2) is 0 Å². The van der Waals surface area contributed by atoms with Gasteiger partial charge in [-0.2, -0.15) is 0 Å². The Morgan fingerprint density at radius 2 is 1.58 bits per heavy atom. The first-order chi connectivity index (χ1) is 9.20. The second-order valence-electron chi connectivity index (χ2n) is 4.87. The summed E-state index contributed by atoms with van der Waals surface area (Å²) in [6, 6.07) is 0. The number of carbonyl (C=O) groups excluding carboxylic acids is 2. The number of carbonyl (C=O) groups is 2. The molecule has 0 heterocycles. The van der Waals surface area contributed by atoms with Crippen LogP contribution in [0.1, 0.15) is 71.1 Å². The van der Waals surface area contributed by atoms with E-state index in [1.807, 2.05) is 0 Å². The van der Waals surface area contributed by atoms with E-state index >= 15 is 0 Å². The van der Waals surface area contributed by atoms with Crippen molar-refractivity contribution in [3.63, 3.8) is 0 Å². The van der Waals surface area contributed by atoms with Gasteiger partial charge in [0.25, 0.3) is 0 Å². The van der Waals surface area contributed by atoms with Crippen LogP contribution in [0.15, 0.2) is 12.2 Å². The lowest BCUT2D eigenvalue weighted by molar-refractivity contribution is -0.134. The van der Waals surface area contributed by atoms with Crippen molar-refractivity contribution in [3.05, 3.63) is 12.2 Å². The van der Waals surface area contributed by atoms with Gasteiger partial charge in [-0.05, 0) is 12.8 Å². The summed E-state index contributed by atoms with van der Waals surface area (Å²) in [6.07, 6.45) is 13.5. The second kappa shape index (κ2) is 13.3. The molecule has 0 aromatic heterocycles. The average Bonchev–Trinajstić information content (AvgIpc) is 2.42. The highest BCUT2D eigenvalue weighted by molar-refractivity contribution is 5.82. The van der Waals surface area contributed by atoms with Gasteiger partial charge < -0.3 is 4.74 Å². The summed E-state index contributed by atoms with van der Waals surface area (Å²) in [7, 11) is 1.35. The predicted octanol–water partition coefficient (Wildman–Crippen LogP) is 4.21. The molecule has 0 aromatic rings. The van der Waals surface area contributed by atoms with Crippen molar-refractivity contribution >= 4 is 11.8 Å². The molecular weight excluding hydrogens is 240 g/mol. The zero-order valence-corrected chi connectivity index (χ0v) is 12.5. The summed E-state index contributed by atoms with van der Waals surface area (Å²) >= 11 is 0. The minimum absolute atomic E-state index is 0.295. The Morgan fingerprint density at radius 1 is 0.947 bits per heavy atom. The van der Waals surface area contributed by atoms with Crippen LogP contribution in [0.2, 0.25) is 0 Å². The smallest absolute Gasteiger partial charge is 0.330 e. The molecule has 0 saturated carbocycles. The van der Waals surface area contributed by atoms with Gasteiger partial charge in [0.05, 0.1) is 7.11 Å². The molecule has 3 heteroatoms. The van der Waals surface area contributed by atoms with E-state index in [-0.39, 0.29) is 5.97 Å². The topological polar surface area (TPSA) is 43.4 Å². The first-order valence-corrected chi connectivity index (χ1v) is 7.47. The number of ether oxygens (including phenoxy) is 1. The van der Waals surface area contributed by atoms with E-state index in [0.717, 1.165) is 12.8 Å². The predicted molar refractivity (Wildman–Crippen MR) is 78.0 cm³/mol. The molecule has 0 aliphatic rings. The van der Waals surface area contributed by atoms with Crippen LogP contribution in [0.3, 0.4) is 0 Å². The van der Waals surface area contributed by atoms with Crippen molar-refractivity contribution < 1.29 is 14.3 Å². The van der Waals surface area contributed by atoms with Gasteiger partial charge in [0.2, 0.25) is 0 Å². The van der Waals surface area contributed by atoms with Crippen LogP contribution in [-0.4, -0.2) is 18.9 Å². The highest BCUT2D eigenvalue weighted by Gasteiger charge is 2.00. The van der Waals surface area contributed by atoms with E-state index < -0.39 is 0 Å². The number of esters is 1. The molecule has 19 heavy (non-hydrogen) atoms. The molecular formula is C16H28O3. The molecule has 0 aliphatic carbocycles.